The third kappa shape index (κ3) is 3.03. The van der Waals surface area contributed by atoms with E-state index in [0.29, 0.717) is 25.3 Å². The number of carbonyl (C=O) groups excluding carboxylic acids is 1. The smallest absolute Gasteiger partial charge is 0.282 e. The molecule has 2 saturated heterocycles. The Bertz CT molecular complexity index is 972. The summed E-state index contributed by atoms with van der Waals surface area (Å²) in [6.07, 6.45) is 1.61. The van der Waals surface area contributed by atoms with Crippen molar-refractivity contribution in [3.05, 3.63) is 53.9 Å². The average Bonchev–Trinajstić information content (AvgIpc) is 3.35. The number of amides is 1. The van der Waals surface area contributed by atoms with Crippen molar-refractivity contribution in [2.75, 3.05) is 33.7 Å². The Balaban J connectivity index is 1.65. The number of nitrogens with zero attached hydrogens (tertiary/aromatic N) is 5. The third-order valence-electron chi connectivity index (χ3n) is 5.85. The second-order valence-corrected chi connectivity index (χ2v) is 9.78. The first-order valence-electron chi connectivity index (χ1n) is 9.32. The number of benzene rings is 1. The normalized spacial score (nSPS) is 25.4. The fourth-order valence-electron chi connectivity index (χ4n) is 4.43. The van der Waals surface area contributed by atoms with Crippen molar-refractivity contribution in [1.82, 2.24) is 23.3 Å². The lowest BCUT2D eigenvalue weighted by molar-refractivity contribution is 0.0762. The van der Waals surface area contributed by atoms with Crippen LogP contribution in [0.5, 0.6) is 0 Å². The van der Waals surface area contributed by atoms with Crippen LogP contribution in [0.3, 0.4) is 0 Å². The van der Waals surface area contributed by atoms with Crippen molar-refractivity contribution in [2.24, 2.45) is 18.9 Å². The van der Waals surface area contributed by atoms with Crippen molar-refractivity contribution < 1.29 is 13.2 Å². The molecular weight excluding hydrogens is 378 g/mol. The van der Waals surface area contributed by atoms with E-state index in [1.165, 1.54) is 4.31 Å². The molecule has 0 bridgehead atoms. The van der Waals surface area contributed by atoms with E-state index < -0.39 is 10.2 Å². The van der Waals surface area contributed by atoms with Gasteiger partial charge in [0.05, 0.1) is 6.04 Å². The highest BCUT2D eigenvalue weighted by molar-refractivity contribution is 7.86. The van der Waals surface area contributed by atoms with Crippen molar-refractivity contribution >= 4 is 16.1 Å². The molecule has 0 spiro atoms. The van der Waals surface area contributed by atoms with Crippen LogP contribution >= 0.6 is 0 Å². The van der Waals surface area contributed by atoms with E-state index in [1.807, 2.05) is 35.2 Å². The SMILES string of the molecule is CN(C)S(=O)(=O)N1C[C@@H]2CN(C(=O)c3ccnn3C)C[C@@H]2[C@H]1c1ccccc1. The van der Waals surface area contributed by atoms with Gasteiger partial charge in [0.15, 0.2) is 0 Å². The van der Waals surface area contributed by atoms with Gasteiger partial charge in [-0.3, -0.25) is 9.48 Å². The largest absolute Gasteiger partial charge is 0.337 e. The van der Waals surface area contributed by atoms with Gasteiger partial charge in [-0.1, -0.05) is 30.3 Å². The van der Waals surface area contributed by atoms with Crippen molar-refractivity contribution in [3.8, 4) is 0 Å². The molecule has 2 aromatic rings. The molecule has 0 N–H and O–H groups in total. The molecule has 0 radical (unpaired) electrons. The highest BCUT2D eigenvalue weighted by Gasteiger charge is 2.52. The van der Waals surface area contributed by atoms with Crippen LogP contribution in [0.2, 0.25) is 0 Å². The number of rotatable bonds is 4. The molecule has 3 heterocycles. The maximum atomic E-state index is 13.0. The molecule has 9 heteroatoms. The first kappa shape index (κ1) is 19.1. The minimum atomic E-state index is -3.55. The Labute approximate surface area is 165 Å². The van der Waals surface area contributed by atoms with Gasteiger partial charge in [-0.15, -0.1) is 0 Å². The zero-order chi connectivity index (χ0) is 20.1. The summed E-state index contributed by atoms with van der Waals surface area (Å²) in [6, 6.07) is 11.2. The first-order chi connectivity index (χ1) is 13.3. The molecule has 2 fully saturated rings. The summed E-state index contributed by atoms with van der Waals surface area (Å²) in [5.74, 6) is 0.120. The number of hydrogen-bond donors (Lipinski definition) is 0. The van der Waals surface area contributed by atoms with E-state index in [2.05, 4.69) is 5.10 Å². The zero-order valence-corrected chi connectivity index (χ0v) is 17.1. The van der Waals surface area contributed by atoms with Gasteiger partial charge in [-0.25, -0.2) is 0 Å². The molecule has 1 aromatic carbocycles. The van der Waals surface area contributed by atoms with Gasteiger partial charge >= 0.3 is 0 Å². The highest BCUT2D eigenvalue weighted by atomic mass is 32.2. The summed E-state index contributed by atoms with van der Waals surface area (Å²) in [6.45, 7) is 1.51. The van der Waals surface area contributed by atoms with Crippen LogP contribution < -0.4 is 0 Å². The summed E-state index contributed by atoms with van der Waals surface area (Å²) in [5, 5.41) is 4.08. The van der Waals surface area contributed by atoms with Crippen LogP contribution in [-0.4, -0.2) is 71.3 Å². The molecule has 0 aliphatic carbocycles. The van der Waals surface area contributed by atoms with Crippen LogP contribution in [0.4, 0.5) is 0 Å². The van der Waals surface area contributed by atoms with Gasteiger partial charge < -0.3 is 4.90 Å². The maximum Gasteiger partial charge on any atom is 0.282 e. The minimum absolute atomic E-state index is 0.0526. The van der Waals surface area contributed by atoms with E-state index in [-0.39, 0.29) is 23.8 Å². The molecule has 0 saturated carbocycles. The monoisotopic (exact) mass is 403 g/mol. The fourth-order valence-corrected chi connectivity index (χ4v) is 5.79. The predicted octanol–water partition coefficient (Wildman–Crippen LogP) is 0.972. The maximum absolute atomic E-state index is 13.0. The molecule has 28 heavy (non-hydrogen) atoms. The lowest BCUT2D eigenvalue weighted by Gasteiger charge is -2.31. The fraction of sp³-hybridized carbons (Fsp3) is 0.474. The van der Waals surface area contributed by atoms with Crippen LogP contribution in [0.25, 0.3) is 0 Å². The molecule has 3 atom stereocenters. The van der Waals surface area contributed by atoms with E-state index in [1.54, 1.807) is 42.4 Å². The first-order valence-corrected chi connectivity index (χ1v) is 10.7. The Kier molecular flexibility index (Phi) is 4.76. The lowest BCUT2D eigenvalue weighted by Crippen LogP contribution is -2.42. The van der Waals surface area contributed by atoms with Gasteiger partial charge in [0, 0.05) is 52.9 Å². The lowest BCUT2D eigenvalue weighted by atomic mass is 9.90. The third-order valence-corrected chi connectivity index (χ3v) is 7.74. The summed E-state index contributed by atoms with van der Waals surface area (Å²) >= 11 is 0. The quantitative estimate of drug-likeness (QED) is 0.762. The summed E-state index contributed by atoms with van der Waals surface area (Å²) < 4.78 is 30.4. The summed E-state index contributed by atoms with van der Waals surface area (Å²) in [5.41, 5.74) is 1.52. The molecular formula is C19H25N5O3S. The van der Waals surface area contributed by atoms with Crippen LogP contribution in [-0.2, 0) is 17.3 Å². The average molecular weight is 404 g/mol. The van der Waals surface area contributed by atoms with Crippen LogP contribution in [0, 0.1) is 11.8 Å². The van der Waals surface area contributed by atoms with Crippen LogP contribution in [0.15, 0.2) is 42.6 Å². The van der Waals surface area contributed by atoms with Gasteiger partial charge in [0.1, 0.15) is 5.69 Å². The number of fused-ring (bicyclic) bond motifs is 1. The Morgan fingerprint density at radius 2 is 1.82 bits per heavy atom. The summed E-state index contributed by atoms with van der Waals surface area (Å²) in [4.78, 5) is 14.8. The van der Waals surface area contributed by atoms with E-state index in [9.17, 15) is 13.2 Å². The predicted molar refractivity (Wildman–Crippen MR) is 105 cm³/mol. The zero-order valence-electron chi connectivity index (χ0n) is 16.3. The minimum Gasteiger partial charge on any atom is -0.337 e. The van der Waals surface area contributed by atoms with Gasteiger partial charge in [-0.05, 0) is 17.5 Å². The molecule has 150 valence electrons. The summed E-state index contributed by atoms with van der Waals surface area (Å²) in [7, 11) is 1.32. The second-order valence-electron chi connectivity index (χ2n) is 7.69. The standard InChI is InChI=1S/C19H25N5O3S/c1-21(2)28(26,27)24-12-15-11-23(19(25)17-9-10-20-22(17)3)13-16(15)18(24)14-7-5-4-6-8-14/h4-10,15-16,18H,11-13H2,1-3H3/t15-,16-,18+/m0/s1. The molecule has 1 aromatic heterocycles. The second kappa shape index (κ2) is 6.98. The van der Waals surface area contributed by atoms with E-state index in [0.717, 1.165) is 5.56 Å². The Morgan fingerprint density at radius 1 is 1.11 bits per heavy atom. The number of aromatic nitrogens is 2. The number of likely N-dealkylation sites (tertiary alicyclic amines) is 1. The van der Waals surface area contributed by atoms with Crippen LogP contribution in [0.1, 0.15) is 22.1 Å². The van der Waals surface area contributed by atoms with Crippen molar-refractivity contribution in [1.29, 1.82) is 0 Å². The number of hydrogen-bond acceptors (Lipinski definition) is 4. The number of aryl methyl sites for hydroxylation is 1. The van der Waals surface area contributed by atoms with Crippen molar-refractivity contribution in [3.63, 3.8) is 0 Å². The Hall–Kier alpha value is -2.23. The van der Waals surface area contributed by atoms with Gasteiger partial charge in [-0.2, -0.15) is 22.1 Å². The molecule has 1 amide bonds. The molecule has 0 unspecified atom stereocenters. The Morgan fingerprint density at radius 3 is 2.43 bits per heavy atom. The highest BCUT2D eigenvalue weighted by Crippen LogP contribution is 2.46. The van der Waals surface area contributed by atoms with Gasteiger partial charge in [0.2, 0.25) is 0 Å². The topological polar surface area (TPSA) is 78.8 Å². The van der Waals surface area contributed by atoms with E-state index in [4.69, 9.17) is 0 Å². The molecule has 2 aliphatic heterocycles. The molecule has 2 aliphatic rings. The molecule has 8 nitrogen and oxygen atoms in total. The van der Waals surface area contributed by atoms with Crippen molar-refractivity contribution in [2.45, 2.75) is 6.04 Å². The van der Waals surface area contributed by atoms with E-state index >= 15 is 0 Å². The number of carbonyl (C=O) groups is 1. The molecule has 4 rings (SSSR count). The van der Waals surface area contributed by atoms with Gasteiger partial charge in [0.25, 0.3) is 16.1 Å².